The summed E-state index contributed by atoms with van der Waals surface area (Å²) in [5.74, 6) is 0.890. The lowest BCUT2D eigenvalue weighted by Gasteiger charge is -2.10. The Morgan fingerprint density at radius 2 is 1.88 bits per heavy atom. The molecule has 164 valence electrons. The van der Waals surface area contributed by atoms with Crippen molar-refractivity contribution in [2.45, 2.75) is 25.9 Å². The second-order valence-corrected chi connectivity index (χ2v) is 8.35. The normalized spacial score (nSPS) is 10.9. The van der Waals surface area contributed by atoms with Crippen LogP contribution in [0.2, 0.25) is 0 Å². The maximum Gasteiger partial charge on any atom is 0.234 e. The van der Waals surface area contributed by atoms with Crippen LogP contribution in [0.15, 0.2) is 66.1 Å². The number of benzene rings is 2. The van der Waals surface area contributed by atoms with E-state index in [1.165, 1.54) is 17.3 Å². The molecule has 8 heteroatoms. The summed E-state index contributed by atoms with van der Waals surface area (Å²) in [5.41, 5.74) is 5.49. The van der Waals surface area contributed by atoms with Gasteiger partial charge in [0.05, 0.1) is 41.3 Å². The molecule has 0 aliphatic carbocycles. The first-order valence-electron chi connectivity index (χ1n) is 10.2. The zero-order chi connectivity index (χ0) is 22.7. The number of aromatic nitrogens is 4. The predicted octanol–water partition coefficient (Wildman–Crippen LogP) is 4.72. The van der Waals surface area contributed by atoms with Crippen LogP contribution in [0, 0.1) is 20.8 Å². The van der Waals surface area contributed by atoms with Gasteiger partial charge in [0.2, 0.25) is 5.91 Å². The van der Waals surface area contributed by atoms with E-state index in [2.05, 4.69) is 15.4 Å². The van der Waals surface area contributed by atoms with Crippen molar-refractivity contribution in [3.8, 4) is 17.1 Å². The molecule has 4 aromatic rings. The van der Waals surface area contributed by atoms with E-state index in [1.54, 1.807) is 13.3 Å². The highest BCUT2D eigenvalue weighted by molar-refractivity contribution is 7.99. The summed E-state index contributed by atoms with van der Waals surface area (Å²) >= 11 is 1.38. The summed E-state index contributed by atoms with van der Waals surface area (Å²) in [7, 11) is 1.64. The molecular weight excluding hydrogens is 422 g/mol. The molecule has 0 bridgehead atoms. The van der Waals surface area contributed by atoms with Crippen molar-refractivity contribution in [1.29, 1.82) is 0 Å². The van der Waals surface area contributed by atoms with Crippen molar-refractivity contribution in [2.75, 3.05) is 18.2 Å². The highest BCUT2D eigenvalue weighted by Gasteiger charge is 2.16. The Kier molecular flexibility index (Phi) is 6.32. The molecule has 0 aliphatic heterocycles. The fourth-order valence-corrected chi connectivity index (χ4v) is 4.19. The molecule has 2 aromatic carbocycles. The van der Waals surface area contributed by atoms with Gasteiger partial charge in [-0.3, -0.25) is 9.36 Å². The van der Waals surface area contributed by atoms with Gasteiger partial charge >= 0.3 is 0 Å². The van der Waals surface area contributed by atoms with Crippen LogP contribution in [0.5, 0.6) is 5.75 Å². The van der Waals surface area contributed by atoms with Crippen LogP contribution in [0.3, 0.4) is 0 Å². The molecule has 4 rings (SSSR count). The Morgan fingerprint density at radius 3 is 2.62 bits per heavy atom. The van der Waals surface area contributed by atoms with Gasteiger partial charge in [-0.25, -0.2) is 9.67 Å². The van der Waals surface area contributed by atoms with Gasteiger partial charge in [-0.15, -0.1) is 0 Å². The van der Waals surface area contributed by atoms with E-state index in [0.29, 0.717) is 0 Å². The minimum Gasteiger partial charge on any atom is -0.497 e. The van der Waals surface area contributed by atoms with Crippen molar-refractivity contribution in [1.82, 2.24) is 19.3 Å². The molecule has 0 radical (unpaired) electrons. The van der Waals surface area contributed by atoms with Gasteiger partial charge in [-0.2, -0.15) is 5.10 Å². The average Bonchev–Trinajstić information content (AvgIpc) is 3.38. The molecule has 0 spiro atoms. The molecular formula is C24H25N5O2S. The highest BCUT2D eigenvalue weighted by Crippen LogP contribution is 2.25. The van der Waals surface area contributed by atoms with E-state index in [9.17, 15) is 4.79 Å². The summed E-state index contributed by atoms with van der Waals surface area (Å²) in [6.07, 6.45) is 3.59. The molecule has 0 atom stereocenters. The number of ether oxygens (including phenoxy) is 1. The first-order valence-corrected chi connectivity index (χ1v) is 11.2. The molecule has 0 saturated carbocycles. The summed E-state index contributed by atoms with van der Waals surface area (Å²) in [4.78, 5) is 17.1. The number of methoxy groups -OCH3 is 1. The topological polar surface area (TPSA) is 74.0 Å². The lowest BCUT2D eigenvalue weighted by molar-refractivity contribution is -0.113. The largest absolute Gasteiger partial charge is 0.497 e. The van der Waals surface area contributed by atoms with Crippen molar-refractivity contribution < 1.29 is 9.53 Å². The van der Waals surface area contributed by atoms with Crippen molar-refractivity contribution >= 4 is 23.4 Å². The van der Waals surface area contributed by atoms with Gasteiger partial charge in [0.15, 0.2) is 5.16 Å². The van der Waals surface area contributed by atoms with Crippen molar-refractivity contribution in [2.24, 2.45) is 0 Å². The van der Waals surface area contributed by atoms with Gasteiger partial charge in [-0.05, 0) is 45.0 Å². The summed E-state index contributed by atoms with van der Waals surface area (Å²) in [5, 5.41) is 8.36. The molecule has 0 fully saturated rings. The van der Waals surface area contributed by atoms with Crippen LogP contribution in [0.1, 0.15) is 17.0 Å². The first-order chi connectivity index (χ1) is 15.5. The number of rotatable bonds is 7. The minimum absolute atomic E-state index is 0.107. The molecule has 32 heavy (non-hydrogen) atoms. The predicted molar refractivity (Wildman–Crippen MR) is 127 cm³/mol. The quantitative estimate of drug-likeness (QED) is 0.415. The minimum atomic E-state index is -0.107. The monoisotopic (exact) mass is 447 g/mol. The van der Waals surface area contributed by atoms with Gasteiger partial charge in [-0.1, -0.05) is 35.5 Å². The second kappa shape index (κ2) is 9.32. The fourth-order valence-electron chi connectivity index (χ4n) is 3.42. The van der Waals surface area contributed by atoms with Gasteiger partial charge in [0, 0.05) is 18.5 Å². The summed E-state index contributed by atoms with van der Waals surface area (Å²) < 4.78 is 9.10. The Hall–Kier alpha value is -3.52. The number of thioether (sulfide) groups is 1. The summed E-state index contributed by atoms with van der Waals surface area (Å²) in [6, 6.07) is 15.9. The number of imidazole rings is 1. The van der Waals surface area contributed by atoms with Crippen molar-refractivity contribution in [3.63, 3.8) is 0 Å². The molecule has 0 unspecified atom stereocenters. The smallest absolute Gasteiger partial charge is 0.234 e. The number of aryl methyl sites for hydroxylation is 2. The number of carbonyl (C=O) groups excluding carboxylic acids is 1. The van der Waals surface area contributed by atoms with Gasteiger partial charge < -0.3 is 10.1 Å². The molecule has 0 saturated heterocycles. The Morgan fingerprint density at radius 1 is 1.09 bits per heavy atom. The molecule has 2 aromatic heterocycles. The van der Waals surface area contributed by atoms with Crippen LogP contribution in [-0.4, -0.2) is 38.1 Å². The number of nitrogens with one attached hydrogen (secondary N) is 1. The number of nitrogens with zero attached hydrogens (tertiary/aromatic N) is 4. The van der Waals surface area contributed by atoms with Crippen LogP contribution in [-0.2, 0) is 4.79 Å². The average molecular weight is 448 g/mol. The molecule has 2 heterocycles. The van der Waals surface area contributed by atoms with E-state index >= 15 is 0 Å². The SMILES string of the molecule is COc1cccc(-n2ccnc2SCC(=O)Nc2c(C)nn(-c3ccc(C)cc3)c2C)c1. The Labute approximate surface area is 191 Å². The molecule has 7 nitrogen and oxygen atoms in total. The zero-order valence-corrected chi connectivity index (χ0v) is 19.3. The van der Waals surface area contributed by atoms with Crippen LogP contribution in [0.4, 0.5) is 5.69 Å². The van der Waals surface area contributed by atoms with Crippen LogP contribution >= 0.6 is 11.8 Å². The maximum atomic E-state index is 12.7. The van der Waals surface area contributed by atoms with Crippen molar-refractivity contribution in [3.05, 3.63) is 77.9 Å². The first kappa shape index (κ1) is 21.7. The lowest BCUT2D eigenvalue weighted by Crippen LogP contribution is -2.15. The Bertz CT molecular complexity index is 1240. The number of hydrogen-bond donors (Lipinski definition) is 1. The molecule has 0 aliphatic rings. The van der Waals surface area contributed by atoms with E-state index < -0.39 is 0 Å². The van der Waals surface area contributed by atoms with E-state index in [-0.39, 0.29) is 11.7 Å². The zero-order valence-electron chi connectivity index (χ0n) is 18.5. The van der Waals surface area contributed by atoms with Crippen LogP contribution in [0.25, 0.3) is 11.4 Å². The number of anilines is 1. The van der Waals surface area contributed by atoms with Crippen LogP contribution < -0.4 is 10.1 Å². The Balaban J connectivity index is 1.46. The standard InChI is InChI=1S/C24H25N5O2S/c1-16-8-10-19(11-9-16)29-18(3)23(17(2)27-29)26-22(30)15-32-24-25-12-13-28(24)20-6-5-7-21(14-20)31-4/h5-14H,15H2,1-4H3,(H,26,30). The van der Waals surface area contributed by atoms with Gasteiger partial charge in [0.1, 0.15) is 5.75 Å². The van der Waals surface area contributed by atoms with E-state index in [4.69, 9.17) is 4.74 Å². The second-order valence-electron chi connectivity index (χ2n) is 7.41. The third-order valence-electron chi connectivity index (χ3n) is 5.10. The number of hydrogen-bond acceptors (Lipinski definition) is 5. The third kappa shape index (κ3) is 4.55. The number of amides is 1. The molecule has 1 amide bonds. The van der Waals surface area contributed by atoms with E-state index in [0.717, 1.165) is 39.4 Å². The lowest BCUT2D eigenvalue weighted by atomic mass is 10.2. The third-order valence-corrected chi connectivity index (χ3v) is 6.07. The van der Waals surface area contributed by atoms with E-state index in [1.807, 2.05) is 84.7 Å². The molecule has 1 N–H and O–H groups in total. The number of carbonyl (C=O) groups is 1. The summed E-state index contributed by atoms with van der Waals surface area (Å²) in [6.45, 7) is 5.90. The fraction of sp³-hybridized carbons (Fsp3) is 0.208. The van der Waals surface area contributed by atoms with Gasteiger partial charge in [0.25, 0.3) is 0 Å². The maximum absolute atomic E-state index is 12.7. The highest BCUT2D eigenvalue weighted by atomic mass is 32.2.